The molecule has 3 heteroatoms. The van der Waals surface area contributed by atoms with Gasteiger partial charge in [-0.1, -0.05) is 0 Å². The largest absolute Gasteiger partial charge is 0.311 e. The number of rotatable bonds is 8. The van der Waals surface area contributed by atoms with Crippen molar-refractivity contribution in [3.63, 3.8) is 0 Å². The molecular formula is C15H24N2S. The first-order valence-corrected chi connectivity index (χ1v) is 8.18. The lowest BCUT2D eigenvalue weighted by Gasteiger charge is -2.21. The van der Waals surface area contributed by atoms with E-state index in [9.17, 15) is 0 Å². The molecule has 0 aliphatic heterocycles. The lowest BCUT2D eigenvalue weighted by atomic mass is 10.3. The third-order valence-electron chi connectivity index (χ3n) is 4.08. The first-order chi connectivity index (χ1) is 8.83. The van der Waals surface area contributed by atoms with Crippen molar-refractivity contribution in [3.8, 4) is 0 Å². The Labute approximate surface area is 114 Å². The second-order valence-electron chi connectivity index (χ2n) is 5.87. The van der Waals surface area contributed by atoms with Crippen molar-refractivity contribution in [3.05, 3.63) is 21.9 Å². The smallest absolute Gasteiger partial charge is 0.0302 e. The third kappa shape index (κ3) is 3.56. The summed E-state index contributed by atoms with van der Waals surface area (Å²) >= 11 is 1.87. The van der Waals surface area contributed by atoms with Crippen molar-refractivity contribution >= 4 is 11.3 Å². The van der Waals surface area contributed by atoms with Gasteiger partial charge in [0.05, 0.1) is 0 Å². The Morgan fingerprint density at radius 2 is 2.17 bits per heavy atom. The van der Waals surface area contributed by atoms with E-state index < -0.39 is 0 Å². The molecule has 1 heterocycles. The van der Waals surface area contributed by atoms with Crippen molar-refractivity contribution < 1.29 is 0 Å². The number of nitrogens with zero attached hydrogens (tertiary/aromatic N) is 1. The average Bonchev–Trinajstić information content (AvgIpc) is 3.24. The maximum atomic E-state index is 3.60. The SMILES string of the molecule is Cc1ccsc1CNCCN(CC1CC1)C1CC1. The van der Waals surface area contributed by atoms with Crippen LogP contribution in [0.1, 0.15) is 36.1 Å². The molecule has 0 unspecified atom stereocenters. The molecule has 3 rings (SSSR count). The Morgan fingerprint density at radius 3 is 2.78 bits per heavy atom. The molecule has 0 atom stereocenters. The second kappa shape index (κ2) is 5.72. The van der Waals surface area contributed by atoms with Crippen LogP contribution in [0.3, 0.4) is 0 Å². The van der Waals surface area contributed by atoms with E-state index >= 15 is 0 Å². The monoisotopic (exact) mass is 264 g/mol. The predicted octanol–water partition coefficient (Wildman–Crippen LogP) is 3.02. The summed E-state index contributed by atoms with van der Waals surface area (Å²) in [6.45, 7) is 7.00. The van der Waals surface area contributed by atoms with Crippen LogP contribution in [0.4, 0.5) is 0 Å². The highest BCUT2D eigenvalue weighted by Crippen LogP contribution is 2.34. The number of aryl methyl sites for hydroxylation is 1. The van der Waals surface area contributed by atoms with E-state index in [-0.39, 0.29) is 0 Å². The second-order valence-corrected chi connectivity index (χ2v) is 6.87. The predicted molar refractivity (Wildman–Crippen MR) is 78.1 cm³/mol. The van der Waals surface area contributed by atoms with Gasteiger partial charge in [0.25, 0.3) is 0 Å². The van der Waals surface area contributed by atoms with E-state index in [4.69, 9.17) is 0 Å². The van der Waals surface area contributed by atoms with E-state index in [0.717, 1.165) is 25.0 Å². The summed E-state index contributed by atoms with van der Waals surface area (Å²) in [5.74, 6) is 1.03. The quantitative estimate of drug-likeness (QED) is 0.726. The molecule has 2 aliphatic rings. The van der Waals surface area contributed by atoms with Gasteiger partial charge in [0.15, 0.2) is 0 Å². The van der Waals surface area contributed by atoms with Crippen molar-refractivity contribution in [2.75, 3.05) is 19.6 Å². The van der Waals surface area contributed by atoms with Crippen LogP contribution in [0.5, 0.6) is 0 Å². The van der Waals surface area contributed by atoms with Crippen molar-refractivity contribution in [2.24, 2.45) is 5.92 Å². The van der Waals surface area contributed by atoms with Crippen LogP contribution in [0.25, 0.3) is 0 Å². The van der Waals surface area contributed by atoms with E-state index in [1.54, 1.807) is 0 Å². The molecule has 1 aromatic rings. The minimum atomic E-state index is 0.927. The van der Waals surface area contributed by atoms with E-state index in [2.05, 4.69) is 28.6 Å². The summed E-state index contributed by atoms with van der Waals surface area (Å²) < 4.78 is 0. The molecule has 18 heavy (non-hydrogen) atoms. The van der Waals surface area contributed by atoms with Gasteiger partial charge in [-0.3, -0.25) is 4.90 Å². The van der Waals surface area contributed by atoms with Gasteiger partial charge in [-0.2, -0.15) is 0 Å². The summed E-state index contributed by atoms with van der Waals surface area (Å²) in [4.78, 5) is 4.22. The fraction of sp³-hybridized carbons (Fsp3) is 0.733. The topological polar surface area (TPSA) is 15.3 Å². The van der Waals surface area contributed by atoms with Gasteiger partial charge in [-0.25, -0.2) is 0 Å². The van der Waals surface area contributed by atoms with Crippen LogP contribution >= 0.6 is 11.3 Å². The molecule has 100 valence electrons. The maximum Gasteiger partial charge on any atom is 0.0302 e. The highest BCUT2D eigenvalue weighted by Gasteiger charge is 2.32. The first kappa shape index (κ1) is 12.6. The fourth-order valence-corrected chi connectivity index (χ4v) is 3.38. The van der Waals surface area contributed by atoms with Crippen molar-refractivity contribution in [2.45, 2.75) is 45.2 Å². The highest BCUT2D eigenvalue weighted by molar-refractivity contribution is 7.10. The van der Waals surface area contributed by atoms with Crippen LogP contribution in [0.15, 0.2) is 11.4 Å². The molecule has 0 aromatic carbocycles. The van der Waals surface area contributed by atoms with Crippen molar-refractivity contribution in [1.29, 1.82) is 0 Å². The molecule has 1 N–H and O–H groups in total. The minimum absolute atomic E-state index is 0.927. The van der Waals surface area contributed by atoms with Crippen LogP contribution in [0, 0.1) is 12.8 Å². The average molecular weight is 264 g/mol. The molecule has 1 aromatic heterocycles. The Hall–Kier alpha value is -0.380. The Balaban J connectivity index is 1.36. The zero-order chi connectivity index (χ0) is 12.4. The molecule has 0 bridgehead atoms. The number of hydrogen-bond donors (Lipinski definition) is 1. The van der Waals surface area contributed by atoms with Gasteiger partial charge in [0.1, 0.15) is 0 Å². The van der Waals surface area contributed by atoms with Gasteiger partial charge in [-0.05, 0) is 55.5 Å². The third-order valence-corrected chi connectivity index (χ3v) is 5.11. The van der Waals surface area contributed by atoms with Gasteiger partial charge in [0.2, 0.25) is 0 Å². The minimum Gasteiger partial charge on any atom is -0.311 e. The molecular weight excluding hydrogens is 240 g/mol. The lowest BCUT2D eigenvalue weighted by Crippen LogP contribution is -2.35. The standard InChI is InChI=1S/C15H24N2S/c1-12-6-9-18-15(12)10-16-7-8-17(14-4-5-14)11-13-2-3-13/h6,9,13-14,16H,2-5,7-8,10-11H2,1H3. The fourth-order valence-electron chi connectivity index (χ4n) is 2.50. The van der Waals surface area contributed by atoms with E-state index in [1.807, 2.05) is 11.3 Å². The van der Waals surface area contributed by atoms with Crippen LogP contribution in [0.2, 0.25) is 0 Å². The first-order valence-electron chi connectivity index (χ1n) is 7.30. The molecule has 2 fully saturated rings. The molecule has 0 saturated heterocycles. The number of nitrogens with one attached hydrogen (secondary N) is 1. The van der Waals surface area contributed by atoms with Gasteiger partial charge >= 0.3 is 0 Å². The lowest BCUT2D eigenvalue weighted by molar-refractivity contribution is 0.252. The summed E-state index contributed by atoms with van der Waals surface area (Å²) in [7, 11) is 0. The van der Waals surface area contributed by atoms with E-state index in [0.29, 0.717) is 0 Å². The molecule has 0 radical (unpaired) electrons. The summed E-state index contributed by atoms with van der Waals surface area (Å²) in [6, 6.07) is 3.14. The molecule has 2 nitrogen and oxygen atoms in total. The summed E-state index contributed by atoms with van der Waals surface area (Å²) in [5, 5.41) is 5.79. The molecule has 2 saturated carbocycles. The molecule has 0 spiro atoms. The summed E-state index contributed by atoms with van der Waals surface area (Å²) in [6.07, 6.45) is 5.84. The summed E-state index contributed by atoms with van der Waals surface area (Å²) in [5.41, 5.74) is 1.43. The normalized spacial score (nSPS) is 19.7. The van der Waals surface area contributed by atoms with Crippen LogP contribution < -0.4 is 5.32 Å². The molecule has 2 aliphatic carbocycles. The van der Waals surface area contributed by atoms with Gasteiger partial charge in [0, 0.05) is 37.1 Å². The zero-order valence-corrected chi connectivity index (χ0v) is 12.1. The molecule has 0 amide bonds. The number of hydrogen-bond acceptors (Lipinski definition) is 3. The highest BCUT2D eigenvalue weighted by atomic mass is 32.1. The Bertz CT molecular complexity index is 380. The maximum absolute atomic E-state index is 3.60. The zero-order valence-electron chi connectivity index (χ0n) is 11.3. The van der Waals surface area contributed by atoms with Gasteiger partial charge in [-0.15, -0.1) is 11.3 Å². The van der Waals surface area contributed by atoms with Crippen molar-refractivity contribution in [1.82, 2.24) is 10.2 Å². The van der Waals surface area contributed by atoms with Crippen LogP contribution in [-0.4, -0.2) is 30.6 Å². The Kier molecular flexibility index (Phi) is 4.02. The Morgan fingerprint density at radius 1 is 1.33 bits per heavy atom. The van der Waals surface area contributed by atoms with E-state index in [1.165, 1.54) is 49.2 Å². The number of thiophene rings is 1. The van der Waals surface area contributed by atoms with Gasteiger partial charge < -0.3 is 5.32 Å². The van der Waals surface area contributed by atoms with Crippen LogP contribution in [-0.2, 0) is 6.54 Å².